The summed E-state index contributed by atoms with van der Waals surface area (Å²) in [6.45, 7) is 1.71. The number of aliphatic hydroxyl groups is 1. The van der Waals surface area contributed by atoms with Crippen LogP contribution < -0.4 is 0 Å². The second-order valence-corrected chi connectivity index (χ2v) is 5.27. The van der Waals surface area contributed by atoms with Crippen LogP contribution in [0.2, 0.25) is 0 Å². The molecule has 0 heterocycles. The van der Waals surface area contributed by atoms with E-state index in [0.717, 1.165) is 24.9 Å². The van der Waals surface area contributed by atoms with Gasteiger partial charge in [0, 0.05) is 19.0 Å². The Kier molecular flexibility index (Phi) is 5.38. The van der Waals surface area contributed by atoms with Crippen molar-refractivity contribution in [2.75, 3.05) is 13.1 Å². The van der Waals surface area contributed by atoms with Gasteiger partial charge in [0.05, 0.1) is 12.2 Å². The fraction of sp³-hybridized carbons (Fsp3) is 0.562. The van der Waals surface area contributed by atoms with Crippen molar-refractivity contribution in [3.63, 3.8) is 0 Å². The predicted octanol–water partition coefficient (Wildman–Crippen LogP) is 2.88. The van der Waals surface area contributed by atoms with Crippen molar-refractivity contribution in [2.24, 2.45) is 0 Å². The minimum Gasteiger partial charge on any atom is -0.387 e. The quantitative estimate of drug-likeness (QED) is 0.729. The number of hydrogen-bond donors (Lipinski definition) is 1. The normalized spacial score (nSPS) is 16.3. The molecule has 0 aliphatic heterocycles. The topological polar surface area (TPSA) is 47.3 Å². The third-order valence-electron chi connectivity index (χ3n) is 3.64. The Morgan fingerprint density at radius 1 is 1.26 bits per heavy atom. The summed E-state index contributed by atoms with van der Waals surface area (Å²) < 4.78 is 0. The highest BCUT2D eigenvalue weighted by atomic mass is 16.3. The zero-order valence-electron chi connectivity index (χ0n) is 11.3. The van der Waals surface area contributed by atoms with Crippen molar-refractivity contribution >= 4 is 0 Å². The third-order valence-corrected chi connectivity index (χ3v) is 3.64. The number of aliphatic hydroxyl groups excluding tert-OH is 1. The van der Waals surface area contributed by atoms with Gasteiger partial charge in [0.25, 0.3) is 0 Å². The molecule has 3 nitrogen and oxygen atoms in total. The summed E-state index contributed by atoms with van der Waals surface area (Å²) in [7, 11) is 0. The van der Waals surface area contributed by atoms with Crippen LogP contribution in [0.5, 0.6) is 0 Å². The van der Waals surface area contributed by atoms with Gasteiger partial charge in [-0.1, -0.05) is 30.3 Å². The first-order valence-electron chi connectivity index (χ1n) is 7.15. The largest absolute Gasteiger partial charge is 0.387 e. The molecule has 2 rings (SSSR count). The summed E-state index contributed by atoms with van der Waals surface area (Å²) in [4.78, 5) is 2.38. The van der Waals surface area contributed by atoms with Gasteiger partial charge in [-0.05, 0) is 37.8 Å². The Labute approximate surface area is 115 Å². The molecule has 1 saturated carbocycles. The molecule has 1 aromatic rings. The zero-order valence-corrected chi connectivity index (χ0v) is 11.3. The molecule has 1 N–H and O–H groups in total. The standard InChI is InChI=1S/C16H22N2O/c17-11-5-2-6-12-18(15-9-10-15)13-16(19)14-7-3-1-4-8-14/h1,3-4,7-8,15-16,19H,2,5-6,9-10,12-13H2/t16-/m1/s1. The lowest BCUT2D eigenvalue weighted by molar-refractivity contribution is 0.107. The SMILES string of the molecule is N#CCCCCN(C[C@@H](O)c1ccccc1)C1CC1. The van der Waals surface area contributed by atoms with Crippen LogP contribution in [0, 0.1) is 11.3 Å². The van der Waals surface area contributed by atoms with Crippen LogP contribution in [0.15, 0.2) is 30.3 Å². The van der Waals surface area contributed by atoms with E-state index < -0.39 is 6.10 Å². The van der Waals surface area contributed by atoms with E-state index in [1.165, 1.54) is 12.8 Å². The van der Waals surface area contributed by atoms with E-state index in [4.69, 9.17) is 5.26 Å². The molecule has 0 spiro atoms. The smallest absolute Gasteiger partial charge is 0.0917 e. The Balaban J connectivity index is 1.81. The molecular formula is C16H22N2O. The number of nitriles is 1. The van der Waals surface area contributed by atoms with Crippen molar-refractivity contribution in [1.82, 2.24) is 4.90 Å². The minimum atomic E-state index is -0.405. The van der Waals surface area contributed by atoms with Gasteiger partial charge in [-0.3, -0.25) is 4.90 Å². The molecule has 0 radical (unpaired) electrons. The lowest BCUT2D eigenvalue weighted by Crippen LogP contribution is -2.31. The van der Waals surface area contributed by atoms with E-state index >= 15 is 0 Å². The number of benzene rings is 1. The molecule has 102 valence electrons. The van der Waals surface area contributed by atoms with Gasteiger partial charge in [-0.2, -0.15) is 5.26 Å². The monoisotopic (exact) mass is 258 g/mol. The maximum atomic E-state index is 10.3. The zero-order chi connectivity index (χ0) is 13.5. The van der Waals surface area contributed by atoms with Crippen molar-refractivity contribution in [1.29, 1.82) is 5.26 Å². The second-order valence-electron chi connectivity index (χ2n) is 5.27. The number of hydrogen-bond acceptors (Lipinski definition) is 3. The molecule has 0 saturated heterocycles. The van der Waals surface area contributed by atoms with Crippen LogP contribution in [-0.2, 0) is 0 Å². The summed E-state index contributed by atoms with van der Waals surface area (Å²) in [5.41, 5.74) is 0.991. The Hall–Kier alpha value is -1.37. The molecule has 1 fully saturated rings. The van der Waals surface area contributed by atoms with E-state index in [1.807, 2.05) is 30.3 Å². The molecule has 1 atom stereocenters. The fourth-order valence-corrected chi connectivity index (χ4v) is 2.38. The van der Waals surface area contributed by atoms with Crippen LogP contribution in [-0.4, -0.2) is 29.1 Å². The van der Waals surface area contributed by atoms with Gasteiger partial charge in [-0.15, -0.1) is 0 Å². The maximum absolute atomic E-state index is 10.3. The first-order chi connectivity index (χ1) is 9.31. The predicted molar refractivity (Wildman–Crippen MR) is 75.5 cm³/mol. The van der Waals surface area contributed by atoms with E-state index in [9.17, 15) is 5.11 Å². The van der Waals surface area contributed by atoms with Gasteiger partial charge < -0.3 is 5.11 Å². The molecule has 1 aromatic carbocycles. The Morgan fingerprint density at radius 2 is 2.00 bits per heavy atom. The van der Waals surface area contributed by atoms with Crippen molar-refractivity contribution in [2.45, 2.75) is 44.2 Å². The van der Waals surface area contributed by atoms with Crippen LogP contribution in [0.3, 0.4) is 0 Å². The van der Waals surface area contributed by atoms with Gasteiger partial charge in [0.1, 0.15) is 0 Å². The second kappa shape index (κ2) is 7.28. The average molecular weight is 258 g/mol. The fourth-order valence-electron chi connectivity index (χ4n) is 2.38. The lowest BCUT2D eigenvalue weighted by atomic mass is 10.1. The van der Waals surface area contributed by atoms with Crippen LogP contribution >= 0.6 is 0 Å². The molecule has 19 heavy (non-hydrogen) atoms. The summed E-state index contributed by atoms with van der Waals surface area (Å²) in [5, 5.41) is 18.8. The van der Waals surface area contributed by atoms with Crippen LogP contribution in [0.4, 0.5) is 0 Å². The number of nitrogens with zero attached hydrogens (tertiary/aromatic N) is 2. The van der Waals surface area contributed by atoms with E-state index in [-0.39, 0.29) is 0 Å². The highest BCUT2D eigenvalue weighted by molar-refractivity contribution is 5.17. The molecule has 1 aliphatic carbocycles. The molecule has 3 heteroatoms. The highest BCUT2D eigenvalue weighted by Gasteiger charge is 2.29. The maximum Gasteiger partial charge on any atom is 0.0917 e. The average Bonchev–Trinajstić information content (AvgIpc) is 3.27. The first-order valence-corrected chi connectivity index (χ1v) is 7.15. The number of rotatable bonds is 8. The van der Waals surface area contributed by atoms with Gasteiger partial charge >= 0.3 is 0 Å². The minimum absolute atomic E-state index is 0.405. The molecule has 0 aromatic heterocycles. The van der Waals surface area contributed by atoms with Gasteiger partial charge in [-0.25, -0.2) is 0 Å². The van der Waals surface area contributed by atoms with Crippen LogP contribution in [0.25, 0.3) is 0 Å². The van der Waals surface area contributed by atoms with Crippen molar-refractivity contribution in [3.05, 3.63) is 35.9 Å². The van der Waals surface area contributed by atoms with Crippen molar-refractivity contribution < 1.29 is 5.11 Å². The van der Waals surface area contributed by atoms with Gasteiger partial charge in [0.2, 0.25) is 0 Å². The molecule has 0 amide bonds. The Bertz CT molecular complexity index is 409. The lowest BCUT2D eigenvalue weighted by Gasteiger charge is -2.25. The Morgan fingerprint density at radius 3 is 2.63 bits per heavy atom. The molecule has 0 unspecified atom stereocenters. The van der Waals surface area contributed by atoms with Crippen LogP contribution in [0.1, 0.15) is 43.8 Å². The molecule has 1 aliphatic rings. The molecular weight excluding hydrogens is 236 g/mol. The molecule has 0 bridgehead atoms. The summed E-state index contributed by atoms with van der Waals surface area (Å²) >= 11 is 0. The number of unbranched alkanes of at least 4 members (excludes halogenated alkanes) is 2. The third kappa shape index (κ3) is 4.66. The van der Waals surface area contributed by atoms with E-state index in [1.54, 1.807) is 0 Å². The summed E-state index contributed by atoms with van der Waals surface area (Å²) in [6, 6.07) is 12.7. The van der Waals surface area contributed by atoms with E-state index in [2.05, 4.69) is 11.0 Å². The summed E-state index contributed by atoms with van der Waals surface area (Å²) in [6.07, 6.45) is 4.74. The highest BCUT2D eigenvalue weighted by Crippen LogP contribution is 2.29. The van der Waals surface area contributed by atoms with E-state index in [0.29, 0.717) is 19.0 Å². The first kappa shape index (κ1) is 14.0. The summed E-state index contributed by atoms with van der Waals surface area (Å²) in [5.74, 6) is 0. The van der Waals surface area contributed by atoms with Gasteiger partial charge in [0.15, 0.2) is 0 Å². The van der Waals surface area contributed by atoms with Crippen molar-refractivity contribution in [3.8, 4) is 6.07 Å².